The summed E-state index contributed by atoms with van der Waals surface area (Å²) in [4.78, 5) is 27.0. The Morgan fingerprint density at radius 2 is 2.04 bits per heavy atom. The van der Waals surface area contributed by atoms with Gasteiger partial charge in [0.15, 0.2) is 12.4 Å². The number of carbonyl (C=O) groups excluding carboxylic acids is 2. The van der Waals surface area contributed by atoms with Crippen LogP contribution in [0.2, 0.25) is 0 Å². The predicted molar refractivity (Wildman–Crippen MR) is 98.7 cm³/mol. The van der Waals surface area contributed by atoms with Gasteiger partial charge in [-0.3, -0.25) is 9.59 Å². The largest absolute Gasteiger partial charge is 0.496 e. The summed E-state index contributed by atoms with van der Waals surface area (Å²) in [6.45, 7) is 2.16. The fourth-order valence-corrected chi connectivity index (χ4v) is 3.35. The van der Waals surface area contributed by atoms with Crippen LogP contribution in [-0.2, 0) is 4.79 Å². The van der Waals surface area contributed by atoms with Crippen molar-refractivity contribution in [2.45, 2.75) is 25.8 Å². The average Bonchev–Trinajstić information content (AvgIpc) is 3.15. The molecule has 0 aliphatic carbocycles. The number of Topliss-reactive ketones (excluding diaryl/α,β-unsaturated/α-hetero) is 1. The molecule has 1 unspecified atom stereocenters. The summed E-state index contributed by atoms with van der Waals surface area (Å²) < 4.78 is 23.8. The maximum atomic E-state index is 13.2. The normalized spacial score (nSPS) is 16.3. The smallest absolute Gasteiger partial charge is 0.261 e. The van der Waals surface area contributed by atoms with Gasteiger partial charge in [0, 0.05) is 18.2 Å². The van der Waals surface area contributed by atoms with Crippen molar-refractivity contribution in [1.29, 1.82) is 0 Å². The number of hydrogen-bond donors (Lipinski definition) is 0. The van der Waals surface area contributed by atoms with Crippen LogP contribution in [0, 0.1) is 12.7 Å². The monoisotopic (exact) mass is 371 g/mol. The molecule has 6 heteroatoms. The lowest BCUT2D eigenvalue weighted by atomic mass is 10.00. The number of likely N-dealkylation sites (tertiary alicyclic amines) is 1. The summed E-state index contributed by atoms with van der Waals surface area (Å²) >= 11 is 0. The summed E-state index contributed by atoms with van der Waals surface area (Å²) in [6, 6.07) is 10.4. The van der Waals surface area contributed by atoms with Gasteiger partial charge >= 0.3 is 0 Å². The molecule has 0 radical (unpaired) electrons. The fraction of sp³-hybridized carbons (Fsp3) is 0.333. The average molecular weight is 371 g/mol. The maximum absolute atomic E-state index is 13.2. The molecule has 0 aromatic heterocycles. The summed E-state index contributed by atoms with van der Waals surface area (Å²) in [5.74, 6) is 0.215. The number of nitrogens with zero attached hydrogens (tertiary/aromatic N) is 1. The van der Waals surface area contributed by atoms with E-state index in [1.165, 1.54) is 18.2 Å². The minimum atomic E-state index is -0.499. The van der Waals surface area contributed by atoms with E-state index in [4.69, 9.17) is 9.47 Å². The highest BCUT2D eigenvalue weighted by Crippen LogP contribution is 2.25. The number of aryl methyl sites for hydroxylation is 1. The number of ether oxygens (including phenoxy) is 2. The molecule has 1 amide bonds. The van der Waals surface area contributed by atoms with Gasteiger partial charge in [-0.15, -0.1) is 0 Å². The first-order valence-electron chi connectivity index (χ1n) is 8.86. The zero-order valence-electron chi connectivity index (χ0n) is 15.4. The van der Waals surface area contributed by atoms with Gasteiger partial charge in [0.1, 0.15) is 17.3 Å². The minimum absolute atomic E-state index is 0.0858. The van der Waals surface area contributed by atoms with E-state index in [1.807, 2.05) is 6.92 Å². The molecule has 1 fully saturated rings. The Kier molecular flexibility index (Phi) is 5.74. The highest BCUT2D eigenvalue weighted by molar-refractivity contribution is 6.02. The molecule has 142 valence electrons. The van der Waals surface area contributed by atoms with E-state index in [-0.39, 0.29) is 24.0 Å². The van der Waals surface area contributed by atoms with E-state index in [9.17, 15) is 14.0 Å². The van der Waals surface area contributed by atoms with E-state index in [2.05, 4.69) is 0 Å². The summed E-state index contributed by atoms with van der Waals surface area (Å²) in [7, 11) is 1.58. The van der Waals surface area contributed by atoms with Crippen LogP contribution in [0.5, 0.6) is 11.5 Å². The van der Waals surface area contributed by atoms with Crippen LogP contribution in [0.15, 0.2) is 42.5 Å². The summed E-state index contributed by atoms with van der Waals surface area (Å²) in [5, 5.41) is 0. The molecule has 1 saturated heterocycles. The molecule has 0 N–H and O–H groups in total. The van der Waals surface area contributed by atoms with Gasteiger partial charge in [0.25, 0.3) is 5.91 Å². The number of ketones is 1. The van der Waals surface area contributed by atoms with Gasteiger partial charge in [-0.25, -0.2) is 4.39 Å². The predicted octanol–water partition coefficient (Wildman–Crippen LogP) is 3.40. The highest BCUT2D eigenvalue weighted by atomic mass is 19.1. The molecule has 0 spiro atoms. The molecular formula is C21H22FNO4. The first-order chi connectivity index (χ1) is 13.0. The summed E-state index contributed by atoms with van der Waals surface area (Å²) in [6.07, 6.45) is 1.38. The Labute approximate surface area is 157 Å². The lowest BCUT2D eigenvalue weighted by molar-refractivity contribution is -0.133. The third kappa shape index (κ3) is 4.27. The second kappa shape index (κ2) is 8.20. The molecule has 1 aliphatic rings. The van der Waals surface area contributed by atoms with Crippen molar-refractivity contribution >= 4 is 11.7 Å². The SMILES string of the molecule is COc1ccc(C(=O)C2CCCN2C(=O)COc2cccc(F)c2)cc1C. The fourth-order valence-electron chi connectivity index (χ4n) is 3.35. The van der Waals surface area contributed by atoms with Gasteiger partial charge in [-0.1, -0.05) is 6.07 Å². The number of methoxy groups -OCH3 is 1. The van der Waals surface area contributed by atoms with E-state index in [0.717, 1.165) is 17.7 Å². The number of benzene rings is 2. The maximum Gasteiger partial charge on any atom is 0.261 e. The standard InChI is InChI=1S/C21H22FNO4/c1-14-11-15(8-9-19(14)26-2)21(25)18-7-4-10-23(18)20(24)13-27-17-6-3-5-16(22)12-17/h3,5-6,8-9,11-12,18H,4,7,10,13H2,1-2H3. The lowest BCUT2D eigenvalue weighted by Crippen LogP contribution is -2.42. The Hall–Kier alpha value is -2.89. The lowest BCUT2D eigenvalue weighted by Gasteiger charge is -2.24. The Morgan fingerprint density at radius 1 is 1.22 bits per heavy atom. The Balaban J connectivity index is 1.67. The van der Waals surface area contributed by atoms with E-state index in [0.29, 0.717) is 18.5 Å². The summed E-state index contributed by atoms with van der Waals surface area (Å²) in [5.41, 5.74) is 1.43. The van der Waals surface area contributed by atoms with Crippen molar-refractivity contribution in [3.05, 3.63) is 59.4 Å². The number of halogens is 1. The highest BCUT2D eigenvalue weighted by Gasteiger charge is 2.34. The topological polar surface area (TPSA) is 55.8 Å². The van der Waals surface area contributed by atoms with Gasteiger partial charge in [0.05, 0.1) is 13.2 Å². The van der Waals surface area contributed by atoms with Crippen molar-refractivity contribution < 1.29 is 23.5 Å². The van der Waals surface area contributed by atoms with Crippen LogP contribution in [0.4, 0.5) is 4.39 Å². The van der Waals surface area contributed by atoms with E-state index in [1.54, 1.807) is 36.3 Å². The first kappa shape index (κ1) is 18.9. The first-order valence-corrected chi connectivity index (χ1v) is 8.86. The van der Waals surface area contributed by atoms with Crippen molar-refractivity contribution in [3.63, 3.8) is 0 Å². The Bertz CT molecular complexity index is 852. The van der Waals surface area contributed by atoms with Crippen LogP contribution in [0.3, 0.4) is 0 Å². The molecule has 1 heterocycles. The zero-order valence-corrected chi connectivity index (χ0v) is 15.4. The quantitative estimate of drug-likeness (QED) is 0.731. The van der Waals surface area contributed by atoms with Gasteiger partial charge in [-0.2, -0.15) is 0 Å². The third-order valence-corrected chi connectivity index (χ3v) is 4.71. The second-order valence-electron chi connectivity index (χ2n) is 6.54. The molecule has 1 aliphatic heterocycles. The third-order valence-electron chi connectivity index (χ3n) is 4.71. The zero-order chi connectivity index (χ0) is 19.4. The molecule has 1 atom stereocenters. The van der Waals surface area contributed by atoms with Crippen LogP contribution in [-0.4, -0.2) is 42.9 Å². The minimum Gasteiger partial charge on any atom is -0.496 e. The van der Waals surface area contributed by atoms with E-state index < -0.39 is 11.9 Å². The second-order valence-corrected chi connectivity index (χ2v) is 6.54. The number of carbonyl (C=O) groups is 2. The molecule has 5 nitrogen and oxygen atoms in total. The van der Waals surface area contributed by atoms with Gasteiger partial charge in [0.2, 0.25) is 0 Å². The van der Waals surface area contributed by atoms with Crippen molar-refractivity contribution in [3.8, 4) is 11.5 Å². The van der Waals surface area contributed by atoms with Crippen LogP contribution >= 0.6 is 0 Å². The molecular weight excluding hydrogens is 349 g/mol. The van der Waals surface area contributed by atoms with Crippen molar-refractivity contribution in [2.24, 2.45) is 0 Å². The van der Waals surface area contributed by atoms with Gasteiger partial charge < -0.3 is 14.4 Å². The number of hydrogen-bond acceptors (Lipinski definition) is 4. The molecule has 0 saturated carbocycles. The molecule has 0 bridgehead atoms. The van der Waals surface area contributed by atoms with Gasteiger partial charge in [-0.05, 0) is 55.7 Å². The molecule has 2 aromatic rings. The van der Waals surface area contributed by atoms with Crippen LogP contribution in [0.1, 0.15) is 28.8 Å². The molecule has 27 heavy (non-hydrogen) atoms. The van der Waals surface area contributed by atoms with Crippen LogP contribution < -0.4 is 9.47 Å². The number of rotatable bonds is 6. The Morgan fingerprint density at radius 3 is 2.74 bits per heavy atom. The molecule has 3 rings (SSSR count). The molecule has 2 aromatic carbocycles. The number of amides is 1. The van der Waals surface area contributed by atoms with Crippen LogP contribution in [0.25, 0.3) is 0 Å². The van der Waals surface area contributed by atoms with E-state index >= 15 is 0 Å². The van der Waals surface area contributed by atoms with Crippen molar-refractivity contribution in [2.75, 3.05) is 20.3 Å². The van der Waals surface area contributed by atoms with Crippen molar-refractivity contribution in [1.82, 2.24) is 4.90 Å².